The molecule has 0 saturated carbocycles. The molecule has 0 aliphatic carbocycles. The third-order valence-electron chi connectivity index (χ3n) is 6.05. The first kappa shape index (κ1) is 29.5. The highest BCUT2D eigenvalue weighted by Crippen LogP contribution is 2.26. The maximum Gasteiger partial charge on any atom is 0.244 e. The number of likely N-dealkylation sites (N-methyl/N-ethyl adjacent to an activating group) is 1. The van der Waals surface area contributed by atoms with Gasteiger partial charge in [-0.25, -0.2) is 8.42 Å². The Labute approximate surface area is 234 Å². The Morgan fingerprint density at radius 1 is 0.947 bits per heavy atom. The van der Waals surface area contributed by atoms with Crippen molar-refractivity contribution in [3.8, 4) is 0 Å². The smallest absolute Gasteiger partial charge is 0.244 e. The van der Waals surface area contributed by atoms with Crippen LogP contribution in [-0.2, 0) is 32.6 Å². The van der Waals surface area contributed by atoms with E-state index in [2.05, 4.69) is 5.32 Å². The number of aryl methyl sites for hydroxylation is 2. The van der Waals surface area contributed by atoms with E-state index in [4.69, 9.17) is 23.2 Å². The second kappa shape index (κ2) is 12.7. The SMILES string of the molecule is CNC(=O)[C@H](Cc1ccccc1)N(Cc1ccc(Cl)cc1Cl)C(=O)CN(c1cc(C)cc(C)c1)S(C)(=O)=O. The first-order chi connectivity index (χ1) is 17.9. The van der Waals surface area contributed by atoms with Crippen LogP contribution in [0.2, 0.25) is 10.0 Å². The molecule has 3 aromatic rings. The normalized spacial score (nSPS) is 12.1. The van der Waals surface area contributed by atoms with Crippen molar-refractivity contribution in [3.05, 3.63) is 99.0 Å². The van der Waals surface area contributed by atoms with Crippen LogP contribution in [0, 0.1) is 13.8 Å². The average Bonchev–Trinajstić information content (AvgIpc) is 2.84. The van der Waals surface area contributed by atoms with Gasteiger partial charge in [0.05, 0.1) is 11.9 Å². The number of benzene rings is 3. The van der Waals surface area contributed by atoms with E-state index >= 15 is 0 Å². The molecule has 0 aliphatic rings. The number of carbonyl (C=O) groups excluding carboxylic acids is 2. The Hall–Kier alpha value is -3.07. The topological polar surface area (TPSA) is 86.8 Å². The van der Waals surface area contributed by atoms with E-state index < -0.39 is 28.5 Å². The van der Waals surface area contributed by atoms with Crippen LogP contribution in [0.25, 0.3) is 0 Å². The number of halogens is 2. The largest absolute Gasteiger partial charge is 0.357 e. The molecule has 0 aliphatic heterocycles. The van der Waals surface area contributed by atoms with Gasteiger partial charge in [0.2, 0.25) is 21.8 Å². The van der Waals surface area contributed by atoms with Crippen LogP contribution in [0.4, 0.5) is 5.69 Å². The number of nitrogens with one attached hydrogen (secondary N) is 1. The van der Waals surface area contributed by atoms with Crippen molar-refractivity contribution in [3.63, 3.8) is 0 Å². The van der Waals surface area contributed by atoms with Gasteiger partial charge in [0, 0.05) is 30.1 Å². The van der Waals surface area contributed by atoms with Gasteiger partial charge in [-0.1, -0.05) is 65.7 Å². The second-order valence-electron chi connectivity index (χ2n) is 9.19. The van der Waals surface area contributed by atoms with Gasteiger partial charge >= 0.3 is 0 Å². The number of sulfonamides is 1. The number of anilines is 1. The van der Waals surface area contributed by atoms with E-state index in [1.54, 1.807) is 30.3 Å². The average molecular weight is 577 g/mol. The highest BCUT2D eigenvalue weighted by Gasteiger charge is 2.33. The van der Waals surface area contributed by atoms with E-state index in [-0.39, 0.29) is 18.9 Å². The maximum atomic E-state index is 13.9. The summed E-state index contributed by atoms with van der Waals surface area (Å²) in [4.78, 5) is 28.5. The summed E-state index contributed by atoms with van der Waals surface area (Å²) in [5, 5.41) is 3.41. The summed E-state index contributed by atoms with van der Waals surface area (Å²) in [6.45, 7) is 3.20. The van der Waals surface area contributed by atoms with Gasteiger partial charge in [-0.15, -0.1) is 0 Å². The van der Waals surface area contributed by atoms with Crippen LogP contribution in [0.1, 0.15) is 22.3 Å². The molecule has 0 saturated heterocycles. The molecule has 1 N–H and O–H groups in total. The number of carbonyl (C=O) groups is 2. The highest BCUT2D eigenvalue weighted by molar-refractivity contribution is 7.92. The molecule has 38 heavy (non-hydrogen) atoms. The fourth-order valence-electron chi connectivity index (χ4n) is 4.26. The van der Waals surface area contributed by atoms with Crippen LogP contribution in [0.3, 0.4) is 0 Å². The maximum absolute atomic E-state index is 13.9. The number of amides is 2. The molecule has 3 rings (SSSR count). The molecule has 7 nitrogen and oxygen atoms in total. The van der Waals surface area contributed by atoms with Gasteiger partial charge in [0.15, 0.2) is 0 Å². The van der Waals surface area contributed by atoms with Gasteiger partial charge in [0.1, 0.15) is 12.6 Å². The lowest BCUT2D eigenvalue weighted by Gasteiger charge is -2.33. The Morgan fingerprint density at radius 3 is 2.13 bits per heavy atom. The summed E-state index contributed by atoms with van der Waals surface area (Å²) in [7, 11) is -2.34. The van der Waals surface area contributed by atoms with Crippen molar-refractivity contribution in [2.75, 3.05) is 24.2 Å². The third-order valence-corrected chi connectivity index (χ3v) is 7.77. The number of rotatable bonds is 10. The third kappa shape index (κ3) is 7.72. The quantitative estimate of drug-likeness (QED) is 0.377. The van der Waals surface area contributed by atoms with Crippen LogP contribution in [0.5, 0.6) is 0 Å². The van der Waals surface area contributed by atoms with Gasteiger partial charge < -0.3 is 10.2 Å². The van der Waals surface area contributed by atoms with Crippen molar-refractivity contribution >= 4 is 50.7 Å². The van der Waals surface area contributed by atoms with E-state index in [1.165, 1.54) is 11.9 Å². The van der Waals surface area contributed by atoms with Gasteiger partial charge in [0.25, 0.3) is 0 Å². The zero-order valence-electron chi connectivity index (χ0n) is 21.7. The summed E-state index contributed by atoms with van der Waals surface area (Å²) < 4.78 is 26.8. The lowest BCUT2D eigenvalue weighted by molar-refractivity contribution is -0.139. The minimum absolute atomic E-state index is 0.0236. The monoisotopic (exact) mass is 575 g/mol. The van der Waals surface area contributed by atoms with Crippen molar-refractivity contribution < 1.29 is 18.0 Å². The zero-order chi connectivity index (χ0) is 28.0. The summed E-state index contributed by atoms with van der Waals surface area (Å²) >= 11 is 12.5. The van der Waals surface area contributed by atoms with Crippen molar-refractivity contribution in [1.29, 1.82) is 0 Å². The van der Waals surface area contributed by atoms with Crippen molar-refractivity contribution in [2.45, 2.75) is 32.9 Å². The highest BCUT2D eigenvalue weighted by atomic mass is 35.5. The van der Waals surface area contributed by atoms with E-state index in [9.17, 15) is 18.0 Å². The number of nitrogens with zero attached hydrogens (tertiary/aromatic N) is 2. The molecular weight excluding hydrogens is 545 g/mol. The Kier molecular flexibility index (Phi) is 9.82. The Balaban J connectivity index is 2.07. The number of hydrogen-bond donors (Lipinski definition) is 1. The van der Waals surface area contributed by atoms with Gasteiger partial charge in [-0.05, 0) is 60.4 Å². The van der Waals surface area contributed by atoms with Crippen LogP contribution < -0.4 is 9.62 Å². The molecule has 0 radical (unpaired) electrons. The lowest BCUT2D eigenvalue weighted by atomic mass is 10.0. The van der Waals surface area contributed by atoms with E-state index in [0.717, 1.165) is 27.3 Å². The molecule has 0 spiro atoms. The fourth-order valence-corrected chi connectivity index (χ4v) is 5.56. The fraction of sp³-hybridized carbons (Fsp3) is 0.286. The molecular formula is C28H31Cl2N3O4S. The molecule has 1 atom stereocenters. The second-order valence-corrected chi connectivity index (χ2v) is 11.9. The summed E-state index contributed by atoms with van der Waals surface area (Å²) in [6, 6.07) is 18.6. The predicted molar refractivity (Wildman–Crippen MR) is 153 cm³/mol. The van der Waals surface area contributed by atoms with Crippen LogP contribution in [-0.4, -0.2) is 51.0 Å². The molecule has 0 unspecified atom stereocenters. The van der Waals surface area contributed by atoms with Crippen LogP contribution >= 0.6 is 23.2 Å². The van der Waals surface area contributed by atoms with Crippen LogP contribution in [0.15, 0.2) is 66.7 Å². The first-order valence-corrected chi connectivity index (χ1v) is 14.5. The molecule has 0 heterocycles. The molecule has 0 fully saturated rings. The summed E-state index contributed by atoms with van der Waals surface area (Å²) in [6.07, 6.45) is 1.28. The molecule has 202 valence electrons. The zero-order valence-corrected chi connectivity index (χ0v) is 24.1. The van der Waals surface area contributed by atoms with Crippen molar-refractivity contribution in [1.82, 2.24) is 10.2 Å². The minimum atomic E-state index is -3.84. The minimum Gasteiger partial charge on any atom is -0.357 e. The van der Waals surface area contributed by atoms with Gasteiger partial charge in [-0.2, -0.15) is 0 Å². The van der Waals surface area contributed by atoms with E-state index in [0.29, 0.717) is 21.3 Å². The number of hydrogen-bond acceptors (Lipinski definition) is 4. The molecule has 2 amide bonds. The first-order valence-electron chi connectivity index (χ1n) is 11.9. The Morgan fingerprint density at radius 2 is 1.58 bits per heavy atom. The van der Waals surface area contributed by atoms with Gasteiger partial charge in [-0.3, -0.25) is 13.9 Å². The van der Waals surface area contributed by atoms with E-state index in [1.807, 2.05) is 50.2 Å². The standard InChI is InChI=1S/C28H31Cl2N3O4S/c1-19-12-20(2)14-24(13-19)33(38(4,36)37)18-27(34)32(17-22-10-11-23(29)16-25(22)30)26(28(35)31-3)15-21-8-6-5-7-9-21/h5-14,16,26H,15,17-18H2,1-4H3,(H,31,35)/t26-/m0/s1. The predicted octanol–water partition coefficient (Wildman–Crippen LogP) is 4.76. The lowest BCUT2D eigenvalue weighted by Crippen LogP contribution is -2.53. The Bertz CT molecular complexity index is 1390. The van der Waals surface area contributed by atoms with Crippen molar-refractivity contribution in [2.24, 2.45) is 0 Å². The molecule has 0 bridgehead atoms. The molecule has 0 aromatic heterocycles. The summed E-state index contributed by atoms with van der Waals surface area (Å²) in [5.74, 6) is -0.935. The summed E-state index contributed by atoms with van der Waals surface area (Å²) in [5.41, 5.74) is 3.51. The molecule has 10 heteroatoms. The molecule has 3 aromatic carbocycles.